The van der Waals surface area contributed by atoms with Crippen molar-refractivity contribution in [2.24, 2.45) is 0 Å². The number of hydrogen-bond acceptors (Lipinski definition) is 5. The zero-order valence-corrected chi connectivity index (χ0v) is 9.78. The first-order chi connectivity index (χ1) is 6.91. The van der Waals surface area contributed by atoms with Gasteiger partial charge in [0.05, 0.1) is 12.2 Å². The van der Waals surface area contributed by atoms with E-state index in [2.05, 4.69) is 0 Å². The molecule has 5 nitrogen and oxygen atoms in total. The second-order valence-corrected chi connectivity index (χ2v) is 3.69. The number of ether oxygens (including phenoxy) is 3. The van der Waals surface area contributed by atoms with Crippen LogP contribution >= 0.6 is 0 Å². The number of carbonyl (C=O) groups is 1. The molecule has 0 radical (unpaired) electrons. The quantitative estimate of drug-likeness (QED) is 0.389. The van der Waals surface area contributed by atoms with Crippen LogP contribution in [0.15, 0.2) is 0 Å². The molecule has 0 fully saturated rings. The highest BCUT2D eigenvalue weighted by Gasteiger charge is 2.25. The summed E-state index contributed by atoms with van der Waals surface area (Å²) in [6, 6.07) is 0. The van der Waals surface area contributed by atoms with Crippen molar-refractivity contribution >= 4 is 5.97 Å². The molecule has 0 bridgehead atoms. The minimum absolute atomic E-state index is 0.197. The van der Waals surface area contributed by atoms with Gasteiger partial charge in [-0.3, -0.25) is 4.79 Å². The lowest BCUT2D eigenvalue weighted by atomic mass is 10.1. The van der Waals surface area contributed by atoms with E-state index < -0.39 is 11.9 Å². The SMILES string of the molecule is COC(CC(C)(O)[13CH2]COC(C)=O)OC. The molecule has 0 aliphatic heterocycles. The van der Waals surface area contributed by atoms with Gasteiger partial charge in [-0.1, -0.05) is 0 Å². The van der Waals surface area contributed by atoms with Crippen LogP contribution in [0.1, 0.15) is 26.7 Å². The van der Waals surface area contributed by atoms with Gasteiger partial charge in [0.1, 0.15) is 0 Å². The van der Waals surface area contributed by atoms with E-state index in [1.165, 1.54) is 21.1 Å². The number of aliphatic hydroxyl groups is 1. The third kappa shape index (κ3) is 7.30. The lowest BCUT2D eigenvalue weighted by Gasteiger charge is -2.26. The first kappa shape index (κ1) is 14.3. The van der Waals surface area contributed by atoms with E-state index in [9.17, 15) is 9.90 Å². The molecule has 15 heavy (non-hydrogen) atoms. The van der Waals surface area contributed by atoms with E-state index in [4.69, 9.17) is 14.2 Å². The van der Waals surface area contributed by atoms with Gasteiger partial charge in [-0.2, -0.15) is 0 Å². The van der Waals surface area contributed by atoms with E-state index in [1.54, 1.807) is 6.92 Å². The fourth-order valence-electron chi connectivity index (χ4n) is 1.14. The molecule has 0 amide bonds. The molecule has 90 valence electrons. The van der Waals surface area contributed by atoms with Crippen LogP contribution in [0.2, 0.25) is 0 Å². The van der Waals surface area contributed by atoms with E-state index in [0.717, 1.165) is 0 Å². The van der Waals surface area contributed by atoms with E-state index in [-0.39, 0.29) is 12.6 Å². The van der Waals surface area contributed by atoms with Gasteiger partial charge in [-0.05, 0) is 6.92 Å². The lowest BCUT2D eigenvalue weighted by Crippen LogP contribution is -2.33. The lowest BCUT2D eigenvalue weighted by molar-refractivity contribution is -0.150. The molecule has 0 aliphatic carbocycles. The maximum Gasteiger partial charge on any atom is 0.302 e. The molecule has 0 aromatic carbocycles. The molecule has 0 aromatic heterocycles. The summed E-state index contributed by atoms with van der Waals surface area (Å²) in [5.74, 6) is -0.346. The smallest absolute Gasteiger partial charge is 0.302 e. The predicted molar refractivity (Wildman–Crippen MR) is 54.3 cm³/mol. The van der Waals surface area contributed by atoms with Gasteiger partial charge in [-0.25, -0.2) is 0 Å². The average Bonchev–Trinajstić information content (AvgIpc) is 2.13. The van der Waals surface area contributed by atoms with E-state index >= 15 is 0 Å². The zero-order chi connectivity index (χ0) is 11.9. The molecule has 5 heteroatoms. The van der Waals surface area contributed by atoms with E-state index in [0.29, 0.717) is 12.8 Å². The molecular formula is C10H20O5. The minimum Gasteiger partial charge on any atom is -0.466 e. The van der Waals surface area contributed by atoms with Gasteiger partial charge in [0.25, 0.3) is 0 Å². The normalized spacial score (nSPS) is 15.1. The second-order valence-electron chi connectivity index (χ2n) is 3.69. The number of carbonyl (C=O) groups excluding carboxylic acids is 1. The van der Waals surface area contributed by atoms with Crippen molar-refractivity contribution < 1.29 is 24.1 Å². The van der Waals surface area contributed by atoms with Crippen molar-refractivity contribution in [3.63, 3.8) is 0 Å². The van der Waals surface area contributed by atoms with Crippen molar-refractivity contribution in [1.82, 2.24) is 0 Å². The van der Waals surface area contributed by atoms with Crippen molar-refractivity contribution in [2.45, 2.75) is 38.6 Å². The first-order valence-electron chi connectivity index (χ1n) is 4.82. The van der Waals surface area contributed by atoms with Crippen molar-refractivity contribution in [3.05, 3.63) is 0 Å². The van der Waals surface area contributed by atoms with Crippen LogP contribution in [0, 0.1) is 0 Å². The van der Waals surface area contributed by atoms with Crippen LogP contribution < -0.4 is 0 Å². The van der Waals surface area contributed by atoms with Crippen LogP contribution in [0.4, 0.5) is 0 Å². The van der Waals surface area contributed by atoms with Crippen LogP contribution in [-0.2, 0) is 19.0 Å². The maximum atomic E-state index is 10.5. The molecule has 0 saturated heterocycles. The van der Waals surface area contributed by atoms with Crippen molar-refractivity contribution in [1.29, 1.82) is 0 Å². The molecule has 0 rings (SSSR count). The Kier molecular flexibility index (Phi) is 6.47. The van der Waals surface area contributed by atoms with Crippen LogP contribution in [0.5, 0.6) is 0 Å². The molecule has 0 spiro atoms. The summed E-state index contributed by atoms with van der Waals surface area (Å²) in [6.07, 6.45) is 0.245. The molecule has 0 aromatic rings. The third-order valence-electron chi connectivity index (χ3n) is 2.08. The summed E-state index contributed by atoms with van der Waals surface area (Å²) in [7, 11) is 3.02. The zero-order valence-electron chi connectivity index (χ0n) is 9.78. The van der Waals surface area contributed by atoms with Gasteiger partial charge < -0.3 is 19.3 Å². The fraction of sp³-hybridized carbons (Fsp3) is 0.900. The highest BCUT2D eigenvalue weighted by atomic mass is 16.7. The van der Waals surface area contributed by atoms with Gasteiger partial charge in [-0.15, -0.1) is 0 Å². The molecule has 0 aliphatic rings. The Morgan fingerprint density at radius 1 is 1.40 bits per heavy atom. The minimum atomic E-state index is -0.966. The van der Waals surface area contributed by atoms with E-state index in [1.807, 2.05) is 0 Å². The number of methoxy groups -OCH3 is 2. The monoisotopic (exact) mass is 221 g/mol. The largest absolute Gasteiger partial charge is 0.466 e. The second kappa shape index (κ2) is 6.76. The standard InChI is InChI=1S/C10H20O5/c1-8(11)15-6-5-10(2,12)7-9(13-3)14-4/h9,12H,5-7H2,1-4H3/i5+1. The summed E-state index contributed by atoms with van der Waals surface area (Å²) in [4.78, 5) is 10.5. The molecule has 0 saturated carbocycles. The number of hydrogen-bond donors (Lipinski definition) is 1. The van der Waals surface area contributed by atoms with Crippen LogP contribution in [-0.4, -0.2) is 43.8 Å². The predicted octanol–water partition coefficient (Wildman–Crippen LogP) is 0.700. The van der Waals surface area contributed by atoms with Crippen LogP contribution in [0.25, 0.3) is 0 Å². The molecule has 1 unspecified atom stereocenters. The Hall–Kier alpha value is -0.650. The van der Waals surface area contributed by atoms with Gasteiger partial charge in [0, 0.05) is 34.0 Å². The Morgan fingerprint density at radius 3 is 2.33 bits per heavy atom. The summed E-state index contributed by atoms with van der Waals surface area (Å²) < 4.78 is 14.7. The van der Waals surface area contributed by atoms with Gasteiger partial charge in [0.15, 0.2) is 6.29 Å². The summed E-state index contributed by atoms with van der Waals surface area (Å²) in [6.45, 7) is 3.19. The van der Waals surface area contributed by atoms with Gasteiger partial charge >= 0.3 is 5.97 Å². The van der Waals surface area contributed by atoms with Gasteiger partial charge in [0.2, 0.25) is 0 Å². The number of esters is 1. The average molecular weight is 221 g/mol. The fourth-order valence-corrected chi connectivity index (χ4v) is 1.14. The summed E-state index contributed by atoms with van der Waals surface area (Å²) >= 11 is 0. The van der Waals surface area contributed by atoms with Crippen LogP contribution in [0.3, 0.4) is 0 Å². The highest BCUT2D eigenvalue weighted by Crippen LogP contribution is 2.18. The number of rotatable bonds is 7. The summed E-state index contributed by atoms with van der Waals surface area (Å²) in [5.41, 5.74) is -0.966. The highest BCUT2D eigenvalue weighted by molar-refractivity contribution is 5.65. The Labute approximate surface area is 90.3 Å². The Morgan fingerprint density at radius 2 is 1.93 bits per heavy atom. The Bertz CT molecular complexity index is 186. The maximum absolute atomic E-state index is 10.5. The molecule has 0 heterocycles. The third-order valence-corrected chi connectivity index (χ3v) is 2.08. The first-order valence-corrected chi connectivity index (χ1v) is 4.82. The molecule has 1 N–H and O–H groups in total. The summed E-state index contributed by atoms with van der Waals surface area (Å²) in [5, 5.41) is 9.91. The topological polar surface area (TPSA) is 65.0 Å². The molecular weight excluding hydrogens is 201 g/mol. The van der Waals surface area contributed by atoms with Crippen molar-refractivity contribution in [2.75, 3.05) is 20.8 Å². The van der Waals surface area contributed by atoms with Crippen molar-refractivity contribution in [3.8, 4) is 0 Å². The molecule has 1 atom stereocenters. The Balaban J connectivity index is 3.89.